The summed E-state index contributed by atoms with van der Waals surface area (Å²) in [5, 5.41) is 5.59. The molecule has 10 nitrogen and oxygen atoms in total. The standard InChI is InChI=1S/C25H35N5O5S2/c1-6-14-29-15-13-19-20(16-29)36-24(21(19)23(32)27-25(33)28(4)5)26-22(31)17-9-11-18(12-10-17)37(34,35)30(7-2)8-3/h9-12H,6-8,13-16H2,1-5H3,(H,26,31)(H,27,32,33). The minimum Gasteiger partial charge on any atom is -0.331 e. The molecule has 0 atom stereocenters. The summed E-state index contributed by atoms with van der Waals surface area (Å²) in [6.07, 6.45) is 1.65. The van der Waals surface area contributed by atoms with E-state index in [-0.39, 0.29) is 10.5 Å². The quantitative estimate of drug-likeness (QED) is 0.496. The number of nitrogens with one attached hydrogen (secondary N) is 2. The number of urea groups is 1. The van der Waals surface area contributed by atoms with Crippen molar-refractivity contribution in [2.75, 3.05) is 45.6 Å². The summed E-state index contributed by atoms with van der Waals surface area (Å²) in [6.45, 7) is 8.73. The zero-order chi connectivity index (χ0) is 27.3. The average Bonchev–Trinajstić information content (AvgIpc) is 3.21. The molecule has 37 heavy (non-hydrogen) atoms. The Bertz CT molecular complexity index is 1250. The Morgan fingerprint density at radius 2 is 1.68 bits per heavy atom. The lowest BCUT2D eigenvalue weighted by atomic mass is 10.0. The fraction of sp³-hybridized carbons (Fsp3) is 0.480. The van der Waals surface area contributed by atoms with Crippen LogP contribution in [-0.4, -0.2) is 80.6 Å². The topological polar surface area (TPSA) is 119 Å². The summed E-state index contributed by atoms with van der Waals surface area (Å²) in [7, 11) is -0.556. The summed E-state index contributed by atoms with van der Waals surface area (Å²) in [5.41, 5.74) is 1.41. The van der Waals surface area contributed by atoms with E-state index in [1.54, 1.807) is 27.9 Å². The van der Waals surface area contributed by atoms with E-state index in [4.69, 9.17) is 0 Å². The number of imide groups is 1. The number of thiophene rings is 1. The maximum absolute atomic E-state index is 13.1. The number of anilines is 1. The van der Waals surface area contributed by atoms with Gasteiger partial charge in [-0.3, -0.25) is 19.8 Å². The Balaban J connectivity index is 1.89. The largest absolute Gasteiger partial charge is 0.331 e. The second kappa shape index (κ2) is 12.2. The Morgan fingerprint density at radius 3 is 2.24 bits per heavy atom. The molecule has 202 valence electrons. The molecule has 0 saturated heterocycles. The Hall–Kier alpha value is -2.80. The summed E-state index contributed by atoms with van der Waals surface area (Å²) in [5.74, 6) is -1.03. The van der Waals surface area contributed by atoms with E-state index in [9.17, 15) is 22.8 Å². The maximum Gasteiger partial charge on any atom is 0.323 e. The SMILES string of the molecule is CCCN1CCc2c(sc(NC(=O)c3ccc(S(=O)(=O)N(CC)CC)cc3)c2C(=O)NC(=O)N(C)C)C1. The number of amides is 4. The number of carbonyl (C=O) groups excluding carboxylic acids is 3. The van der Waals surface area contributed by atoms with Crippen LogP contribution in [0.2, 0.25) is 0 Å². The van der Waals surface area contributed by atoms with Crippen molar-refractivity contribution in [3.05, 3.63) is 45.8 Å². The third-order valence-corrected chi connectivity index (χ3v) is 9.41. The highest BCUT2D eigenvalue weighted by molar-refractivity contribution is 7.89. The van der Waals surface area contributed by atoms with E-state index >= 15 is 0 Å². The van der Waals surface area contributed by atoms with Crippen LogP contribution in [0.25, 0.3) is 0 Å². The van der Waals surface area contributed by atoms with Crippen LogP contribution in [-0.2, 0) is 23.0 Å². The summed E-state index contributed by atoms with van der Waals surface area (Å²) >= 11 is 1.33. The van der Waals surface area contributed by atoms with Crippen molar-refractivity contribution in [1.82, 2.24) is 19.4 Å². The van der Waals surface area contributed by atoms with Crippen molar-refractivity contribution < 1.29 is 22.8 Å². The van der Waals surface area contributed by atoms with Crippen molar-refractivity contribution in [1.29, 1.82) is 0 Å². The normalized spacial score (nSPS) is 13.8. The Morgan fingerprint density at radius 1 is 1.03 bits per heavy atom. The van der Waals surface area contributed by atoms with Gasteiger partial charge in [0.05, 0.1) is 10.5 Å². The van der Waals surface area contributed by atoms with Crippen molar-refractivity contribution in [2.45, 2.75) is 45.1 Å². The summed E-state index contributed by atoms with van der Waals surface area (Å²) in [6, 6.07) is 5.19. The first kappa shape index (κ1) is 28.8. The lowest BCUT2D eigenvalue weighted by Gasteiger charge is -2.26. The van der Waals surface area contributed by atoms with E-state index in [1.807, 2.05) is 0 Å². The predicted molar refractivity (Wildman–Crippen MR) is 145 cm³/mol. The van der Waals surface area contributed by atoms with Crippen LogP contribution in [0.15, 0.2) is 29.2 Å². The van der Waals surface area contributed by atoms with Crippen molar-refractivity contribution in [2.24, 2.45) is 0 Å². The minimum absolute atomic E-state index is 0.109. The molecule has 0 aliphatic carbocycles. The van der Waals surface area contributed by atoms with Gasteiger partial charge < -0.3 is 10.2 Å². The number of rotatable bonds is 9. The molecule has 0 saturated carbocycles. The summed E-state index contributed by atoms with van der Waals surface area (Å²) < 4.78 is 26.9. The van der Waals surface area contributed by atoms with Crippen LogP contribution in [0, 0.1) is 0 Å². The minimum atomic E-state index is -3.64. The fourth-order valence-electron chi connectivity index (χ4n) is 4.23. The van der Waals surface area contributed by atoms with Gasteiger partial charge in [0.15, 0.2) is 0 Å². The first-order valence-corrected chi connectivity index (χ1v) is 14.6. The van der Waals surface area contributed by atoms with E-state index in [0.717, 1.165) is 30.0 Å². The highest BCUT2D eigenvalue weighted by Gasteiger charge is 2.30. The van der Waals surface area contributed by atoms with Crippen molar-refractivity contribution in [3.63, 3.8) is 0 Å². The first-order chi connectivity index (χ1) is 17.5. The number of benzene rings is 1. The smallest absolute Gasteiger partial charge is 0.323 e. The average molecular weight is 550 g/mol. The van der Waals surface area contributed by atoms with Gasteiger partial charge in [-0.1, -0.05) is 20.8 Å². The van der Waals surface area contributed by atoms with Gasteiger partial charge >= 0.3 is 6.03 Å². The zero-order valence-electron chi connectivity index (χ0n) is 22.0. The van der Waals surface area contributed by atoms with Crippen LogP contribution >= 0.6 is 11.3 Å². The molecule has 0 fully saturated rings. The predicted octanol–water partition coefficient (Wildman–Crippen LogP) is 3.21. The lowest BCUT2D eigenvalue weighted by molar-refractivity contribution is 0.0956. The molecule has 0 radical (unpaired) electrons. The monoisotopic (exact) mass is 549 g/mol. The molecule has 3 rings (SSSR count). The third kappa shape index (κ3) is 6.38. The van der Waals surface area contributed by atoms with E-state index in [2.05, 4.69) is 22.5 Å². The van der Waals surface area contributed by atoms with Crippen LogP contribution < -0.4 is 10.6 Å². The van der Waals surface area contributed by atoms with Crippen LogP contribution in [0.5, 0.6) is 0 Å². The molecule has 1 aliphatic heterocycles. The fourth-order valence-corrected chi connectivity index (χ4v) is 6.97. The van der Waals surface area contributed by atoms with Crippen LogP contribution in [0.4, 0.5) is 9.80 Å². The van der Waals surface area contributed by atoms with Gasteiger partial charge in [0.25, 0.3) is 11.8 Å². The van der Waals surface area contributed by atoms with E-state index in [1.165, 1.54) is 44.8 Å². The highest BCUT2D eigenvalue weighted by Crippen LogP contribution is 2.37. The van der Waals surface area contributed by atoms with Gasteiger partial charge in [-0.2, -0.15) is 4.31 Å². The van der Waals surface area contributed by atoms with E-state index in [0.29, 0.717) is 36.6 Å². The van der Waals surface area contributed by atoms with Crippen LogP contribution in [0.1, 0.15) is 58.3 Å². The number of carbonyl (C=O) groups is 3. The van der Waals surface area contributed by atoms with Crippen molar-refractivity contribution >= 4 is 44.2 Å². The van der Waals surface area contributed by atoms with Gasteiger partial charge in [0, 0.05) is 50.7 Å². The molecule has 1 aromatic heterocycles. The molecular formula is C25H35N5O5S2. The molecule has 1 aromatic carbocycles. The summed E-state index contributed by atoms with van der Waals surface area (Å²) in [4.78, 5) is 43.1. The van der Waals surface area contributed by atoms with Gasteiger partial charge in [-0.05, 0) is 49.2 Å². The van der Waals surface area contributed by atoms with E-state index < -0.39 is 27.9 Å². The maximum atomic E-state index is 13.1. The zero-order valence-corrected chi connectivity index (χ0v) is 23.6. The molecule has 4 amide bonds. The second-order valence-electron chi connectivity index (χ2n) is 8.96. The van der Waals surface area contributed by atoms with Gasteiger partial charge in [0.2, 0.25) is 10.0 Å². The van der Waals surface area contributed by atoms with Gasteiger partial charge in [0.1, 0.15) is 5.00 Å². The first-order valence-electron chi connectivity index (χ1n) is 12.3. The number of fused-ring (bicyclic) bond motifs is 1. The van der Waals surface area contributed by atoms with Gasteiger partial charge in [-0.15, -0.1) is 11.3 Å². The molecular weight excluding hydrogens is 514 g/mol. The molecule has 0 bridgehead atoms. The number of sulfonamides is 1. The molecule has 12 heteroatoms. The molecule has 2 heterocycles. The highest BCUT2D eigenvalue weighted by atomic mass is 32.2. The lowest BCUT2D eigenvalue weighted by Crippen LogP contribution is -2.39. The number of hydrogen-bond acceptors (Lipinski definition) is 7. The number of hydrogen-bond donors (Lipinski definition) is 2. The number of nitrogens with zero attached hydrogens (tertiary/aromatic N) is 3. The molecule has 0 spiro atoms. The second-order valence-corrected chi connectivity index (χ2v) is 12.0. The Labute approximate surface area is 222 Å². The molecule has 1 aliphatic rings. The molecule has 2 N–H and O–H groups in total. The molecule has 0 unspecified atom stereocenters. The molecule has 2 aromatic rings. The van der Waals surface area contributed by atoms with Crippen LogP contribution in [0.3, 0.4) is 0 Å². The third-order valence-electron chi connectivity index (χ3n) is 6.22. The van der Waals surface area contributed by atoms with Gasteiger partial charge in [-0.25, -0.2) is 13.2 Å². The Kier molecular flexibility index (Phi) is 9.46. The van der Waals surface area contributed by atoms with Crippen molar-refractivity contribution in [3.8, 4) is 0 Å².